The Morgan fingerprint density at radius 2 is 1.95 bits per heavy atom. The van der Waals surface area contributed by atoms with Crippen molar-refractivity contribution in [2.24, 2.45) is 5.92 Å². The van der Waals surface area contributed by atoms with E-state index in [9.17, 15) is 5.26 Å². The van der Waals surface area contributed by atoms with Crippen LogP contribution in [0.15, 0.2) is 0 Å². The van der Waals surface area contributed by atoms with Gasteiger partial charge in [-0.15, -0.1) is 0 Å². The van der Waals surface area contributed by atoms with E-state index in [4.69, 9.17) is 5.73 Å². The summed E-state index contributed by atoms with van der Waals surface area (Å²) >= 11 is 0. The van der Waals surface area contributed by atoms with Gasteiger partial charge in [0.2, 0.25) is 0 Å². The van der Waals surface area contributed by atoms with Gasteiger partial charge in [-0.05, 0) is 19.4 Å². The lowest BCUT2D eigenvalue weighted by Gasteiger charge is -2.32. The largest absolute Gasteiger partial charge is 0.383 e. The smallest absolute Gasteiger partial charge is 0.171 e. The summed E-state index contributed by atoms with van der Waals surface area (Å²) in [4.78, 5) is 4.45. The van der Waals surface area contributed by atoms with Crippen LogP contribution in [0.25, 0.3) is 0 Å². The number of nitrogens with two attached hydrogens (primary N) is 1. The summed E-state index contributed by atoms with van der Waals surface area (Å²) < 4.78 is 1.78. The standard InChI is InChI=1S/C14H24N6/c1-11(2)4-5-20-13(16)12(10-15)14(17-20)19-8-6-18(3)7-9-19/h11H,4-9,16H2,1-3H3. The molecule has 0 aliphatic carbocycles. The SMILES string of the molecule is CC(C)CCn1nc(N2CCN(C)CC2)c(C#N)c1N. The van der Waals surface area contributed by atoms with E-state index in [1.165, 1.54) is 0 Å². The Hall–Kier alpha value is -1.74. The number of piperazine rings is 1. The first kappa shape index (κ1) is 14.7. The molecule has 6 heteroatoms. The average molecular weight is 276 g/mol. The number of aromatic nitrogens is 2. The van der Waals surface area contributed by atoms with Gasteiger partial charge in [-0.3, -0.25) is 0 Å². The normalized spacial score (nSPS) is 16.6. The molecule has 0 aromatic carbocycles. The van der Waals surface area contributed by atoms with Gasteiger partial charge >= 0.3 is 0 Å². The third-order valence-electron chi connectivity index (χ3n) is 3.81. The number of nitrogen functional groups attached to an aromatic ring is 1. The molecule has 0 atom stereocenters. The Kier molecular flexibility index (Phi) is 4.50. The third kappa shape index (κ3) is 3.05. The maximum atomic E-state index is 9.35. The van der Waals surface area contributed by atoms with Crippen molar-refractivity contribution in [3.63, 3.8) is 0 Å². The molecule has 1 aromatic rings. The van der Waals surface area contributed by atoms with Crippen LogP contribution >= 0.6 is 0 Å². The molecule has 2 heterocycles. The first-order valence-electron chi connectivity index (χ1n) is 7.22. The topological polar surface area (TPSA) is 74.1 Å². The molecule has 6 nitrogen and oxygen atoms in total. The van der Waals surface area contributed by atoms with E-state index < -0.39 is 0 Å². The molecule has 2 rings (SSSR count). The summed E-state index contributed by atoms with van der Waals surface area (Å²) in [5.74, 6) is 1.85. The summed E-state index contributed by atoms with van der Waals surface area (Å²) in [5, 5.41) is 13.9. The van der Waals surface area contributed by atoms with E-state index in [0.29, 0.717) is 17.3 Å². The van der Waals surface area contributed by atoms with Crippen molar-refractivity contribution in [1.29, 1.82) is 5.26 Å². The maximum Gasteiger partial charge on any atom is 0.171 e. The van der Waals surface area contributed by atoms with Gasteiger partial charge in [0.15, 0.2) is 5.82 Å². The molecule has 20 heavy (non-hydrogen) atoms. The van der Waals surface area contributed by atoms with Crippen molar-refractivity contribution in [3.05, 3.63) is 5.56 Å². The Bertz CT molecular complexity index is 490. The zero-order valence-electron chi connectivity index (χ0n) is 12.6. The molecular weight excluding hydrogens is 252 g/mol. The zero-order valence-corrected chi connectivity index (χ0v) is 12.6. The highest BCUT2D eigenvalue weighted by Crippen LogP contribution is 2.25. The molecule has 0 spiro atoms. The highest BCUT2D eigenvalue weighted by atomic mass is 15.4. The van der Waals surface area contributed by atoms with Crippen LogP contribution in [0.4, 0.5) is 11.6 Å². The number of rotatable bonds is 4. The highest BCUT2D eigenvalue weighted by Gasteiger charge is 2.23. The predicted octanol–water partition coefficient (Wildman–Crippen LogP) is 1.13. The molecule has 1 fully saturated rings. The van der Waals surface area contributed by atoms with Crippen molar-refractivity contribution in [1.82, 2.24) is 14.7 Å². The minimum absolute atomic E-state index is 0.502. The molecule has 0 unspecified atom stereocenters. The molecule has 2 N–H and O–H groups in total. The van der Waals surface area contributed by atoms with Gasteiger partial charge in [-0.1, -0.05) is 13.8 Å². The number of nitriles is 1. The lowest BCUT2D eigenvalue weighted by molar-refractivity contribution is 0.311. The fraction of sp³-hybridized carbons (Fsp3) is 0.714. The van der Waals surface area contributed by atoms with Gasteiger partial charge in [0, 0.05) is 32.7 Å². The average Bonchev–Trinajstić information content (AvgIpc) is 2.73. The van der Waals surface area contributed by atoms with Crippen LogP contribution < -0.4 is 10.6 Å². The number of hydrogen-bond donors (Lipinski definition) is 1. The minimum atomic E-state index is 0.502. The summed E-state index contributed by atoms with van der Waals surface area (Å²) in [6, 6.07) is 2.22. The first-order valence-corrected chi connectivity index (χ1v) is 7.22. The van der Waals surface area contributed by atoms with Crippen molar-refractivity contribution < 1.29 is 0 Å². The molecule has 1 aromatic heterocycles. The van der Waals surface area contributed by atoms with Crippen molar-refractivity contribution in [3.8, 4) is 6.07 Å². The van der Waals surface area contributed by atoms with E-state index >= 15 is 0 Å². The fourth-order valence-corrected chi connectivity index (χ4v) is 2.36. The molecule has 1 saturated heterocycles. The molecular formula is C14H24N6. The molecule has 0 bridgehead atoms. The van der Waals surface area contributed by atoms with Crippen LogP contribution in [0.3, 0.4) is 0 Å². The van der Waals surface area contributed by atoms with Gasteiger partial charge in [0.25, 0.3) is 0 Å². The number of anilines is 2. The van der Waals surface area contributed by atoms with Crippen LogP contribution in [-0.4, -0.2) is 47.9 Å². The van der Waals surface area contributed by atoms with E-state index in [1.54, 1.807) is 4.68 Å². The van der Waals surface area contributed by atoms with Crippen LogP contribution in [0, 0.1) is 17.2 Å². The monoisotopic (exact) mass is 276 g/mol. The van der Waals surface area contributed by atoms with Crippen LogP contribution in [0.5, 0.6) is 0 Å². The Morgan fingerprint density at radius 1 is 1.30 bits per heavy atom. The third-order valence-corrected chi connectivity index (χ3v) is 3.81. The van der Waals surface area contributed by atoms with Crippen LogP contribution in [-0.2, 0) is 6.54 Å². The molecule has 0 radical (unpaired) electrons. The quantitative estimate of drug-likeness (QED) is 0.892. The predicted molar refractivity (Wildman–Crippen MR) is 80.5 cm³/mol. The first-order chi connectivity index (χ1) is 9.52. The highest BCUT2D eigenvalue weighted by molar-refractivity contribution is 5.65. The summed E-state index contributed by atoms with van der Waals surface area (Å²) in [5.41, 5.74) is 6.60. The second-order valence-electron chi connectivity index (χ2n) is 5.89. The van der Waals surface area contributed by atoms with Crippen molar-refractivity contribution >= 4 is 11.6 Å². The second kappa shape index (κ2) is 6.14. The molecule has 0 amide bonds. The van der Waals surface area contributed by atoms with E-state index in [1.807, 2.05) is 0 Å². The summed E-state index contributed by atoms with van der Waals surface area (Å²) in [6.07, 6.45) is 1.01. The minimum Gasteiger partial charge on any atom is -0.383 e. The van der Waals surface area contributed by atoms with Gasteiger partial charge in [0.05, 0.1) is 0 Å². The molecule has 1 aliphatic rings. The second-order valence-corrected chi connectivity index (χ2v) is 5.89. The lowest BCUT2D eigenvalue weighted by Crippen LogP contribution is -2.45. The van der Waals surface area contributed by atoms with Crippen LogP contribution in [0.1, 0.15) is 25.8 Å². The van der Waals surface area contributed by atoms with E-state index in [0.717, 1.165) is 45.0 Å². The summed E-state index contributed by atoms with van der Waals surface area (Å²) in [6.45, 7) is 8.88. The van der Waals surface area contributed by atoms with E-state index in [2.05, 4.69) is 41.9 Å². The van der Waals surface area contributed by atoms with Gasteiger partial charge in [-0.25, -0.2) is 4.68 Å². The van der Waals surface area contributed by atoms with E-state index in [-0.39, 0.29) is 0 Å². The van der Waals surface area contributed by atoms with Gasteiger partial charge < -0.3 is 15.5 Å². The number of likely N-dealkylation sites (N-methyl/N-ethyl adjacent to an activating group) is 1. The van der Waals surface area contributed by atoms with Crippen molar-refractivity contribution in [2.75, 3.05) is 43.9 Å². The summed E-state index contributed by atoms with van der Waals surface area (Å²) in [7, 11) is 2.11. The number of nitrogens with zero attached hydrogens (tertiary/aromatic N) is 5. The Morgan fingerprint density at radius 3 is 2.50 bits per heavy atom. The molecule has 0 saturated carbocycles. The van der Waals surface area contributed by atoms with Gasteiger partial charge in [-0.2, -0.15) is 10.4 Å². The van der Waals surface area contributed by atoms with Crippen LogP contribution in [0.2, 0.25) is 0 Å². The lowest BCUT2D eigenvalue weighted by atomic mass is 10.1. The maximum absolute atomic E-state index is 9.35. The molecule has 1 aliphatic heterocycles. The van der Waals surface area contributed by atoms with Crippen molar-refractivity contribution in [2.45, 2.75) is 26.8 Å². The van der Waals surface area contributed by atoms with Gasteiger partial charge in [0.1, 0.15) is 17.5 Å². The Labute approximate surface area is 120 Å². The number of hydrogen-bond acceptors (Lipinski definition) is 5. The Balaban J connectivity index is 2.20. The number of aryl methyl sites for hydroxylation is 1. The molecule has 110 valence electrons. The fourth-order valence-electron chi connectivity index (χ4n) is 2.36. The zero-order chi connectivity index (χ0) is 14.7.